The van der Waals surface area contributed by atoms with Crippen LogP contribution in [0.5, 0.6) is 0 Å². The van der Waals surface area contributed by atoms with Gasteiger partial charge in [0.2, 0.25) is 0 Å². The van der Waals surface area contributed by atoms with Crippen molar-refractivity contribution < 1.29 is 0 Å². The molecule has 1 heteroatoms. The van der Waals surface area contributed by atoms with Crippen LogP contribution in [0.3, 0.4) is 0 Å². The first-order chi connectivity index (χ1) is 10.2. The first-order valence-corrected chi connectivity index (χ1v) is 8.02. The number of aryl methyl sites for hydroxylation is 2. The highest BCUT2D eigenvalue weighted by Crippen LogP contribution is 2.36. The molecule has 0 amide bonds. The summed E-state index contributed by atoms with van der Waals surface area (Å²) in [4.78, 5) is 0. The van der Waals surface area contributed by atoms with Crippen LogP contribution in [-0.4, -0.2) is 0 Å². The second kappa shape index (κ2) is 4.71. The minimum Gasteiger partial charge on any atom is -0.135 e. The fraction of sp³-hybridized carbons (Fsp3) is 0.100. The van der Waals surface area contributed by atoms with E-state index in [4.69, 9.17) is 0 Å². The average molecular weight is 288 g/mol. The van der Waals surface area contributed by atoms with E-state index in [2.05, 4.69) is 74.5 Å². The molecule has 0 aliphatic carbocycles. The maximum absolute atomic E-state index is 2.32. The zero-order valence-electron chi connectivity index (χ0n) is 12.2. The quantitative estimate of drug-likeness (QED) is 0.383. The van der Waals surface area contributed by atoms with Crippen LogP contribution in [0.15, 0.2) is 60.7 Å². The highest BCUT2D eigenvalue weighted by Gasteiger charge is 2.06. The van der Waals surface area contributed by atoms with Crippen molar-refractivity contribution in [3.05, 3.63) is 71.8 Å². The Morgan fingerprint density at radius 1 is 0.571 bits per heavy atom. The monoisotopic (exact) mass is 288 g/mol. The maximum Gasteiger partial charge on any atom is 0.0361 e. The average Bonchev–Trinajstić information content (AvgIpc) is 2.85. The van der Waals surface area contributed by atoms with Crippen LogP contribution in [0.2, 0.25) is 0 Å². The minimum absolute atomic E-state index is 1.29. The summed E-state index contributed by atoms with van der Waals surface area (Å²) in [5.41, 5.74) is 5.21. The molecule has 0 N–H and O–H groups in total. The molecule has 3 aromatic carbocycles. The van der Waals surface area contributed by atoms with E-state index in [1.54, 1.807) is 0 Å². The first-order valence-electron chi connectivity index (χ1n) is 7.21. The van der Waals surface area contributed by atoms with Crippen LogP contribution < -0.4 is 0 Å². The molecule has 0 nitrogen and oxygen atoms in total. The van der Waals surface area contributed by atoms with E-state index in [1.165, 1.54) is 42.4 Å². The Morgan fingerprint density at radius 2 is 1.29 bits per heavy atom. The van der Waals surface area contributed by atoms with Crippen molar-refractivity contribution in [2.24, 2.45) is 0 Å². The van der Waals surface area contributed by atoms with E-state index in [-0.39, 0.29) is 0 Å². The van der Waals surface area contributed by atoms with Crippen LogP contribution in [0.4, 0.5) is 0 Å². The van der Waals surface area contributed by atoms with E-state index < -0.39 is 0 Å². The van der Waals surface area contributed by atoms with Gasteiger partial charge in [-0.05, 0) is 43.2 Å². The third-order valence-electron chi connectivity index (χ3n) is 4.01. The van der Waals surface area contributed by atoms with Crippen LogP contribution in [-0.2, 0) is 0 Å². The van der Waals surface area contributed by atoms with Gasteiger partial charge in [-0.1, -0.05) is 53.6 Å². The van der Waals surface area contributed by atoms with E-state index in [0.29, 0.717) is 0 Å². The van der Waals surface area contributed by atoms with Crippen molar-refractivity contribution in [3.63, 3.8) is 0 Å². The van der Waals surface area contributed by atoms with Gasteiger partial charge in [0.1, 0.15) is 0 Å². The minimum atomic E-state index is 1.29. The predicted molar refractivity (Wildman–Crippen MR) is 94.2 cm³/mol. The van der Waals surface area contributed by atoms with Gasteiger partial charge >= 0.3 is 0 Å². The van der Waals surface area contributed by atoms with Crippen LogP contribution in [0.25, 0.3) is 31.3 Å². The summed E-state index contributed by atoms with van der Waals surface area (Å²) in [6.07, 6.45) is 0. The molecule has 0 aliphatic rings. The third kappa shape index (κ3) is 2.14. The molecule has 1 aromatic heterocycles. The Balaban J connectivity index is 1.94. The van der Waals surface area contributed by atoms with E-state index in [1.807, 2.05) is 11.3 Å². The standard InChI is InChI=1S/C20H16S/c1-13-3-6-15(7-4-13)16-8-9-17-18-11-14(2)5-10-19(18)21-20(17)12-16/h3-12H,1-2H3. The lowest BCUT2D eigenvalue weighted by Gasteiger charge is -2.02. The van der Waals surface area contributed by atoms with Crippen LogP contribution >= 0.6 is 11.3 Å². The van der Waals surface area contributed by atoms with E-state index in [9.17, 15) is 0 Å². The predicted octanol–water partition coefficient (Wildman–Crippen LogP) is 6.34. The highest BCUT2D eigenvalue weighted by molar-refractivity contribution is 7.25. The van der Waals surface area contributed by atoms with Crippen molar-refractivity contribution in [3.8, 4) is 11.1 Å². The van der Waals surface area contributed by atoms with Crippen LogP contribution in [0.1, 0.15) is 11.1 Å². The summed E-state index contributed by atoms with van der Waals surface area (Å²) in [6, 6.07) is 22.3. The summed E-state index contributed by atoms with van der Waals surface area (Å²) in [6.45, 7) is 4.28. The van der Waals surface area contributed by atoms with Gasteiger partial charge in [-0.2, -0.15) is 0 Å². The lowest BCUT2D eigenvalue weighted by Crippen LogP contribution is -1.78. The summed E-state index contributed by atoms with van der Waals surface area (Å²) in [7, 11) is 0. The fourth-order valence-electron chi connectivity index (χ4n) is 2.82. The molecule has 4 aromatic rings. The number of hydrogen-bond donors (Lipinski definition) is 0. The second-order valence-corrected chi connectivity index (χ2v) is 6.76. The molecule has 0 unspecified atom stereocenters. The number of thiophene rings is 1. The van der Waals surface area contributed by atoms with Crippen LogP contribution in [0, 0.1) is 13.8 Å². The van der Waals surface area contributed by atoms with Gasteiger partial charge in [-0.3, -0.25) is 0 Å². The number of hydrogen-bond acceptors (Lipinski definition) is 1. The molecule has 21 heavy (non-hydrogen) atoms. The fourth-order valence-corrected chi connectivity index (χ4v) is 3.94. The van der Waals surface area contributed by atoms with Crippen molar-refractivity contribution in [1.29, 1.82) is 0 Å². The molecule has 0 fully saturated rings. The Hall–Kier alpha value is -2.12. The SMILES string of the molecule is Cc1ccc(-c2ccc3c(c2)sc2ccc(C)cc23)cc1. The number of benzene rings is 3. The van der Waals surface area contributed by atoms with E-state index >= 15 is 0 Å². The Kier molecular flexibility index (Phi) is 2.83. The van der Waals surface area contributed by atoms with Crippen molar-refractivity contribution >= 4 is 31.5 Å². The van der Waals surface area contributed by atoms with Gasteiger partial charge in [0.25, 0.3) is 0 Å². The first kappa shape index (κ1) is 12.6. The smallest absolute Gasteiger partial charge is 0.0361 e. The molecule has 0 bridgehead atoms. The maximum atomic E-state index is 2.32. The summed E-state index contributed by atoms with van der Waals surface area (Å²) < 4.78 is 2.74. The van der Waals surface area contributed by atoms with Crippen molar-refractivity contribution in [2.45, 2.75) is 13.8 Å². The Morgan fingerprint density at radius 3 is 2.10 bits per heavy atom. The van der Waals surface area contributed by atoms with Gasteiger partial charge in [0.15, 0.2) is 0 Å². The van der Waals surface area contributed by atoms with Gasteiger partial charge in [-0.25, -0.2) is 0 Å². The Bertz CT molecular complexity index is 943. The lowest BCUT2D eigenvalue weighted by molar-refractivity contribution is 1.47. The van der Waals surface area contributed by atoms with E-state index in [0.717, 1.165) is 0 Å². The molecule has 4 rings (SSSR count). The summed E-state index contributed by atoms with van der Waals surface area (Å²) >= 11 is 1.88. The van der Waals surface area contributed by atoms with Gasteiger partial charge < -0.3 is 0 Å². The molecule has 102 valence electrons. The second-order valence-electron chi connectivity index (χ2n) is 5.68. The molecule has 0 atom stereocenters. The van der Waals surface area contributed by atoms with Crippen molar-refractivity contribution in [1.82, 2.24) is 0 Å². The topological polar surface area (TPSA) is 0 Å². The number of rotatable bonds is 1. The third-order valence-corrected chi connectivity index (χ3v) is 5.15. The van der Waals surface area contributed by atoms with Crippen molar-refractivity contribution in [2.75, 3.05) is 0 Å². The number of fused-ring (bicyclic) bond motifs is 3. The molecule has 1 heterocycles. The molecule has 0 saturated carbocycles. The summed E-state index contributed by atoms with van der Waals surface area (Å²) in [5, 5.41) is 2.75. The largest absolute Gasteiger partial charge is 0.135 e. The highest BCUT2D eigenvalue weighted by atomic mass is 32.1. The van der Waals surface area contributed by atoms with Gasteiger partial charge in [0, 0.05) is 20.2 Å². The molecule has 0 aliphatic heterocycles. The van der Waals surface area contributed by atoms with Gasteiger partial charge in [-0.15, -0.1) is 11.3 Å². The zero-order valence-corrected chi connectivity index (χ0v) is 13.0. The molecule has 0 radical (unpaired) electrons. The molecular formula is C20H16S. The molecule has 0 spiro atoms. The normalized spacial score (nSPS) is 11.3. The van der Waals surface area contributed by atoms with Gasteiger partial charge in [0.05, 0.1) is 0 Å². The summed E-state index contributed by atoms with van der Waals surface area (Å²) in [5.74, 6) is 0. The zero-order chi connectivity index (χ0) is 14.4. The molecule has 0 saturated heterocycles. The molecular weight excluding hydrogens is 272 g/mol. The lowest BCUT2D eigenvalue weighted by atomic mass is 10.0. The Labute approximate surface area is 128 Å².